The van der Waals surface area contributed by atoms with Crippen LogP contribution in [0, 0.1) is 6.92 Å². The summed E-state index contributed by atoms with van der Waals surface area (Å²) in [5.41, 5.74) is 5.30. The quantitative estimate of drug-likeness (QED) is 0.360. The number of hydrogen-bond acceptors (Lipinski definition) is 4. The minimum atomic E-state index is 0.00752. The molecular weight excluding hydrogens is 352 g/mol. The van der Waals surface area contributed by atoms with E-state index in [0.717, 1.165) is 25.7 Å². The Balaban J connectivity index is 2.78. The summed E-state index contributed by atoms with van der Waals surface area (Å²) in [7, 11) is 2.89. The van der Waals surface area contributed by atoms with Crippen molar-refractivity contribution >= 4 is 0 Å². The van der Waals surface area contributed by atoms with Crippen LogP contribution >= 0.6 is 0 Å². The fourth-order valence-corrected chi connectivity index (χ4v) is 3.09. The van der Waals surface area contributed by atoms with Crippen molar-refractivity contribution in [1.29, 1.82) is 0 Å². The Hall–Kier alpha value is -2.36. The van der Waals surface area contributed by atoms with Gasteiger partial charge in [0.25, 0.3) is 0 Å². The molecule has 0 aliphatic heterocycles. The summed E-state index contributed by atoms with van der Waals surface area (Å²) in [5, 5.41) is 20.9. The molecule has 0 aliphatic rings. The van der Waals surface area contributed by atoms with Crippen molar-refractivity contribution in [3.05, 3.63) is 46.1 Å². The number of benzene rings is 1. The van der Waals surface area contributed by atoms with Gasteiger partial charge in [-0.1, -0.05) is 34.9 Å². The van der Waals surface area contributed by atoms with Crippen molar-refractivity contribution in [2.24, 2.45) is 0 Å². The van der Waals surface area contributed by atoms with Crippen molar-refractivity contribution in [3.8, 4) is 23.0 Å². The first-order valence-corrected chi connectivity index (χ1v) is 9.82. The number of ether oxygens (including phenoxy) is 2. The summed E-state index contributed by atoms with van der Waals surface area (Å²) >= 11 is 0. The van der Waals surface area contributed by atoms with E-state index in [1.807, 2.05) is 0 Å². The Bertz CT molecular complexity index is 751. The molecule has 0 unspecified atom stereocenters. The molecule has 0 saturated heterocycles. The van der Waals surface area contributed by atoms with E-state index in [0.29, 0.717) is 17.5 Å². The maximum absolute atomic E-state index is 10.5. The summed E-state index contributed by atoms with van der Waals surface area (Å²) in [5.74, 6) is 0.360. The second kappa shape index (κ2) is 11.5. The van der Waals surface area contributed by atoms with Crippen LogP contribution in [0.25, 0.3) is 0 Å². The zero-order valence-electron chi connectivity index (χ0n) is 18.5. The van der Waals surface area contributed by atoms with Crippen LogP contribution in [0.5, 0.6) is 23.0 Å². The highest BCUT2D eigenvalue weighted by Crippen LogP contribution is 2.48. The summed E-state index contributed by atoms with van der Waals surface area (Å²) < 4.78 is 10.4. The molecule has 4 nitrogen and oxygen atoms in total. The topological polar surface area (TPSA) is 58.9 Å². The van der Waals surface area contributed by atoms with Gasteiger partial charge >= 0.3 is 0 Å². The molecule has 0 amide bonds. The highest BCUT2D eigenvalue weighted by atomic mass is 16.5. The molecule has 0 radical (unpaired) electrons. The lowest BCUT2D eigenvalue weighted by Gasteiger charge is -2.17. The van der Waals surface area contributed by atoms with E-state index in [-0.39, 0.29) is 23.0 Å². The Morgan fingerprint density at radius 1 is 0.786 bits per heavy atom. The largest absolute Gasteiger partial charge is 0.504 e. The first-order valence-electron chi connectivity index (χ1n) is 9.82. The van der Waals surface area contributed by atoms with E-state index in [9.17, 15) is 10.2 Å². The maximum atomic E-state index is 10.5. The van der Waals surface area contributed by atoms with Crippen molar-refractivity contribution in [3.63, 3.8) is 0 Å². The lowest BCUT2D eigenvalue weighted by molar-refractivity contribution is 0.314. The molecule has 0 atom stereocenters. The van der Waals surface area contributed by atoms with E-state index >= 15 is 0 Å². The monoisotopic (exact) mass is 388 g/mol. The van der Waals surface area contributed by atoms with Gasteiger partial charge in [-0.25, -0.2) is 0 Å². The van der Waals surface area contributed by atoms with Gasteiger partial charge in [-0.3, -0.25) is 0 Å². The fraction of sp³-hybridized carbons (Fsp3) is 0.500. The normalized spacial score (nSPS) is 12.1. The van der Waals surface area contributed by atoms with Crippen LogP contribution in [-0.2, 0) is 6.42 Å². The van der Waals surface area contributed by atoms with Crippen LogP contribution in [0.3, 0.4) is 0 Å². The highest BCUT2D eigenvalue weighted by Gasteiger charge is 2.22. The molecule has 0 saturated carbocycles. The van der Waals surface area contributed by atoms with Gasteiger partial charge in [-0.2, -0.15) is 0 Å². The molecule has 156 valence electrons. The average Bonchev–Trinajstić information content (AvgIpc) is 2.64. The van der Waals surface area contributed by atoms with Gasteiger partial charge < -0.3 is 19.7 Å². The van der Waals surface area contributed by atoms with Gasteiger partial charge in [0, 0.05) is 11.1 Å². The molecule has 1 aromatic carbocycles. The van der Waals surface area contributed by atoms with Crippen LogP contribution in [0.1, 0.15) is 64.5 Å². The van der Waals surface area contributed by atoms with Crippen LogP contribution in [0.2, 0.25) is 0 Å². The average molecular weight is 389 g/mol. The molecule has 1 aromatic rings. The Kier molecular flexibility index (Phi) is 9.70. The zero-order chi connectivity index (χ0) is 21.3. The predicted molar refractivity (Wildman–Crippen MR) is 117 cm³/mol. The third kappa shape index (κ3) is 6.66. The summed E-state index contributed by atoms with van der Waals surface area (Å²) in [4.78, 5) is 0. The molecular formula is C24H36O4. The number of methoxy groups -OCH3 is 2. The van der Waals surface area contributed by atoms with Crippen LogP contribution in [0.4, 0.5) is 0 Å². The first-order chi connectivity index (χ1) is 13.2. The van der Waals surface area contributed by atoms with Crippen molar-refractivity contribution in [2.45, 2.75) is 66.7 Å². The summed E-state index contributed by atoms with van der Waals surface area (Å²) in [6.45, 7) is 10.3. The molecule has 0 aliphatic carbocycles. The minimum absolute atomic E-state index is 0.00752. The van der Waals surface area contributed by atoms with E-state index < -0.39 is 0 Å². The third-order valence-electron chi connectivity index (χ3n) is 4.92. The second-order valence-corrected chi connectivity index (χ2v) is 7.53. The molecule has 0 heterocycles. The molecule has 0 bridgehead atoms. The number of allylic oxidation sites excluding steroid dienone is 6. The van der Waals surface area contributed by atoms with Gasteiger partial charge in [0.2, 0.25) is 11.5 Å². The molecule has 0 aromatic heterocycles. The smallest absolute Gasteiger partial charge is 0.207 e. The Morgan fingerprint density at radius 2 is 1.29 bits per heavy atom. The van der Waals surface area contributed by atoms with Gasteiger partial charge in [-0.05, 0) is 66.7 Å². The van der Waals surface area contributed by atoms with Gasteiger partial charge in [0.05, 0.1) is 14.2 Å². The first kappa shape index (κ1) is 23.7. The SMILES string of the molecule is COc1c(O)c(C)c(C/C=C(\C)CC/C=C(/C)CCC=C(C)C)c(O)c1OC. The van der Waals surface area contributed by atoms with Gasteiger partial charge in [-0.15, -0.1) is 0 Å². The fourth-order valence-electron chi connectivity index (χ4n) is 3.09. The molecule has 0 spiro atoms. The van der Waals surface area contributed by atoms with Crippen molar-refractivity contribution in [1.82, 2.24) is 0 Å². The maximum Gasteiger partial charge on any atom is 0.207 e. The molecule has 28 heavy (non-hydrogen) atoms. The predicted octanol–water partition coefficient (Wildman–Crippen LogP) is 6.39. The summed E-state index contributed by atoms with van der Waals surface area (Å²) in [6.07, 6.45) is 11.4. The molecule has 2 N–H and O–H groups in total. The number of rotatable bonds is 10. The van der Waals surface area contributed by atoms with E-state index in [2.05, 4.69) is 45.9 Å². The Morgan fingerprint density at radius 3 is 1.82 bits per heavy atom. The van der Waals surface area contributed by atoms with Crippen LogP contribution in [-0.4, -0.2) is 24.4 Å². The number of hydrogen-bond donors (Lipinski definition) is 2. The van der Waals surface area contributed by atoms with Crippen LogP contribution < -0.4 is 9.47 Å². The second-order valence-electron chi connectivity index (χ2n) is 7.53. The lowest BCUT2D eigenvalue weighted by Crippen LogP contribution is -1.98. The van der Waals surface area contributed by atoms with Gasteiger partial charge in [0.15, 0.2) is 11.5 Å². The number of phenolic OH excluding ortho intramolecular Hbond substituents is 2. The number of phenols is 2. The van der Waals surface area contributed by atoms with Gasteiger partial charge in [0.1, 0.15) is 0 Å². The Labute approximate surface area is 170 Å². The van der Waals surface area contributed by atoms with E-state index in [1.54, 1.807) is 6.92 Å². The van der Waals surface area contributed by atoms with Crippen molar-refractivity contribution in [2.75, 3.05) is 14.2 Å². The molecule has 1 rings (SSSR count). The van der Waals surface area contributed by atoms with Crippen molar-refractivity contribution < 1.29 is 19.7 Å². The van der Waals surface area contributed by atoms with Crippen LogP contribution in [0.15, 0.2) is 34.9 Å². The highest BCUT2D eigenvalue weighted by molar-refractivity contribution is 5.66. The zero-order valence-corrected chi connectivity index (χ0v) is 18.5. The third-order valence-corrected chi connectivity index (χ3v) is 4.92. The lowest BCUT2D eigenvalue weighted by atomic mass is 9.99. The standard InChI is InChI=1S/C24H36O4/c1-16(2)10-8-11-17(3)12-9-13-18(4)14-15-20-19(5)21(25)23(27-6)24(28-7)22(20)26/h10,12,14,25-26H,8-9,11,13,15H2,1-7H3/b17-12-,18-14+. The van der Waals surface area contributed by atoms with E-state index in [1.165, 1.54) is 30.9 Å². The van der Waals surface area contributed by atoms with E-state index in [4.69, 9.17) is 9.47 Å². The number of aromatic hydroxyl groups is 2. The molecule has 4 heteroatoms. The minimum Gasteiger partial charge on any atom is -0.504 e. The molecule has 0 fully saturated rings. The summed E-state index contributed by atoms with van der Waals surface area (Å²) in [6, 6.07) is 0.